The van der Waals surface area contributed by atoms with Crippen LogP contribution in [0, 0.1) is 0 Å². The zero-order valence-corrected chi connectivity index (χ0v) is 26.6. The van der Waals surface area contributed by atoms with Crippen LogP contribution in [0.2, 0.25) is 15.3 Å². The molecule has 6 atom stereocenters. The first-order valence-electron chi connectivity index (χ1n) is 13.8. The van der Waals surface area contributed by atoms with Crippen molar-refractivity contribution in [3.05, 3.63) is 98.3 Å². The summed E-state index contributed by atoms with van der Waals surface area (Å²) in [6.45, 7) is 0.0874. The summed E-state index contributed by atoms with van der Waals surface area (Å²) in [5.41, 5.74) is 0.140. The molecule has 0 radical (unpaired) electrons. The third kappa shape index (κ3) is 5.92. The molecule has 0 spiro atoms. The number of benzene rings is 2. The molecule has 10 nitrogen and oxygen atoms in total. The topological polar surface area (TPSA) is 98.3 Å². The molecule has 3 aromatic heterocycles. The monoisotopic (exact) mass is 712 g/mol. The lowest BCUT2D eigenvalue weighted by Crippen LogP contribution is -2.57. The summed E-state index contributed by atoms with van der Waals surface area (Å²) in [6.07, 6.45) is -7.10. The molecule has 0 aliphatic carbocycles. The van der Waals surface area contributed by atoms with E-state index in [0.29, 0.717) is 15.9 Å². The van der Waals surface area contributed by atoms with Crippen molar-refractivity contribution >= 4 is 46.1 Å². The van der Waals surface area contributed by atoms with E-state index in [1.165, 1.54) is 30.6 Å². The smallest absolute Gasteiger partial charge is 0.376 e. The van der Waals surface area contributed by atoms with Gasteiger partial charge in [-0.15, -0.1) is 16.4 Å². The average Bonchev–Trinajstić information content (AvgIpc) is 3.79. The van der Waals surface area contributed by atoms with Crippen LogP contribution in [0.1, 0.15) is 35.3 Å². The van der Waals surface area contributed by atoms with E-state index < -0.39 is 48.5 Å². The van der Waals surface area contributed by atoms with Gasteiger partial charge in [-0.2, -0.15) is 18.3 Å². The van der Waals surface area contributed by atoms with Crippen molar-refractivity contribution in [2.75, 3.05) is 13.7 Å². The highest BCUT2D eigenvalue weighted by molar-refractivity contribution is 7.13. The van der Waals surface area contributed by atoms with Gasteiger partial charge in [0, 0.05) is 29.1 Å². The van der Waals surface area contributed by atoms with Gasteiger partial charge in [0.15, 0.2) is 11.4 Å². The molecule has 240 valence electrons. The van der Waals surface area contributed by atoms with Crippen molar-refractivity contribution in [3.63, 3.8) is 0 Å². The number of rotatable bonds is 6. The highest BCUT2D eigenvalue weighted by Crippen LogP contribution is 2.46. The number of hydrogen-bond donors (Lipinski definition) is 0. The van der Waals surface area contributed by atoms with Crippen molar-refractivity contribution in [3.8, 4) is 16.4 Å². The van der Waals surface area contributed by atoms with Crippen molar-refractivity contribution in [2.45, 2.75) is 42.9 Å². The number of halogens is 6. The van der Waals surface area contributed by atoms with Gasteiger partial charge in [-0.25, -0.2) is 14.3 Å². The molecule has 46 heavy (non-hydrogen) atoms. The van der Waals surface area contributed by atoms with Crippen molar-refractivity contribution in [2.24, 2.45) is 0 Å². The highest BCUT2D eigenvalue weighted by Gasteiger charge is 2.53. The van der Waals surface area contributed by atoms with Crippen LogP contribution < -0.4 is 0 Å². The predicted molar refractivity (Wildman–Crippen MR) is 162 cm³/mol. The normalized spacial score (nSPS) is 25.0. The Kier molecular flexibility index (Phi) is 8.57. The molecule has 0 amide bonds. The van der Waals surface area contributed by atoms with E-state index in [9.17, 15) is 13.2 Å². The Morgan fingerprint density at radius 3 is 2.54 bits per heavy atom. The number of aromatic nitrogens is 6. The Bertz CT molecular complexity index is 1850. The summed E-state index contributed by atoms with van der Waals surface area (Å²) in [5.74, 6) is 0. The SMILES string of the molecule is CO[C@@H]1[C@@H](n2cc(-c3nc(Cl)cs3)nn2)[C@H]2OC(c3ccccc3)OC[C@H]2O[C@H]1c1cc(Cl)nn1-c1cc(Cl)ccc1C(F)(F)F. The Morgan fingerprint density at radius 2 is 1.83 bits per heavy atom. The van der Waals surface area contributed by atoms with Crippen LogP contribution in [-0.2, 0) is 25.1 Å². The standard InChI is InChI=1S/C29H22Cl3F3N6O4S/c1-42-26-23(40-11-17(37-39-40)27-36-22(32)13-46-27)25-20(12-43-28(45-25)14-5-3-2-4-6-14)44-24(26)19-10-21(31)38-41(19)18-9-15(30)7-8-16(18)29(33,34)35/h2-11,13,20,23-26,28H,12H2,1H3/t20-,23+,24+,25+,26-,28?/m1/s1. The van der Waals surface area contributed by atoms with Gasteiger partial charge in [0.05, 0.1) is 29.7 Å². The van der Waals surface area contributed by atoms with Crippen LogP contribution in [0.5, 0.6) is 0 Å². The Morgan fingerprint density at radius 1 is 1.02 bits per heavy atom. The zero-order valence-electron chi connectivity index (χ0n) is 23.5. The molecule has 17 heteroatoms. The van der Waals surface area contributed by atoms with Gasteiger partial charge in [-0.3, -0.25) is 0 Å². The lowest BCUT2D eigenvalue weighted by Gasteiger charge is -2.49. The number of ether oxygens (including phenoxy) is 4. The summed E-state index contributed by atoms with van der Waals surface area (Å²) in [6, 6.07) is 13.3. The lowest BCUT2D eigenvalue weighted by atomic mass is 9.90. The fourth-order valence-corrected chi connectivity index (χ4v) is 7.00. The van der Waals surface area contributed by atoms with E-state index in [2.05, 4.69) is 20.4 Å². The van der Waals surface area contributed by atoms with Gasteiger partial charge >= 0.3 is 6.18 Å². The minimum Gasteiger partial charge on any atom is -0.376 e. The van der Waals surface area contributed by atoms with Crippen LogP contribution in [0.3, 0.4) is 0 Å². The molecule has 0 bridgehead atoms. The first-order valence-corrected chi connectivity index (χ1v) is 15.8. The molecule has 2 saturated heterocycles. The van der Waals surface area contributed by atoms with E-state index in [0.717, 1.165) is 22.4 Å². The summed E-state index contributed by atoms with van der Waals surface area (Å²) in [7, 11) is 1.46. The largest absolute Gasteiger partial charge is 0.418 e. The lowest BCUT2D eigenvalue weighted by molar-refractivity contribution is -0.320. The molecule has 5 heterocycles. The van der Waals surface area contributed by atoms with E-state index in [1.807, 2.05) is 30.3 Å². The van der Waals surface area contributed by atoms with Crippen LogP contribution >= 0.6 is 46.1 Å². The molecule has 2 aromatic carbocycles. The zero-order chi connectivity index (χ0) is 32.2. The fourth-order valence-electron chi connectivity index (χ4n) is 5.76. The van der Waals surface area contributed by atoms with E-state index in [1.54, 1.807) is 16.3 Å². The minimum absolute atomic E-state index is 0.0656. The van der Waals surface area contributed by atoms with Gasteiger partial charge in [-0.1, -0.05) is 70.3 Å². The third-order valence-corrected chi connectivity index (χ3v) is 9.31. The highest BCUT2D eigenvalue weighted by atomic mass is 35.5. The molecular formula is C29H22Cl3F3N6O4S. The molecule has 2 aliphatic rings. The number of alkyl halides is 3. The van der Waals surface area contributed by atoms with Gasteiger partial charge in [0.25, 0.3) is 0 Å². The predicted octanol–water partition coefficient (Wildman–Crippen LogP) is 7.38. The molecule has 0 N–H and O–H groups in total. The molecule has 2 fully saturated rings. The number of hydrogen-bond acceptors (Lipinski definition) is 9. The minimum atomic E-state index is -4.72. The van der Waals surface area contributed by atoms with Crippen molar-refractivity contribution in [1.29, 1.82) is 0 Å². The Hall–Kier alpha value is -3.08. The van der Waals surface area contributed by atoms with Crippen LogP contribution in [0.15, 0.2) is 66.2 Å². The molecule has 7 rings (SSSR count). The maximum atomic E-state index is 14.2. The molecule has 5 aromatic rings. The van der Waals surface area contributed by atoms with E-state index in [4.69, 9.17) is 53.8 Å². The maximum absolute atomic E-state index is 14.2. The number of methoxy groups -OCH3 is 1. The summed E-state index contributed by atoms with van der Waals surface area (Å²) in [5, 5.41) is 15.5. The third-order valence-electron chi connectivity index (χ3n) is 7.70. The van der Waals surface area contributed by atoms with Crippen molar-refractivity contribution in [1.82, 2.24) is 29.8 Å². The van der Waals surface area contributed by atoms with Gasteiger partial charge in [0.1, 0.15) is 46.3 Å². The van der Waals surface area contributed by atoms with Crippen LogP contribution in [-0.4, -0.2) is 61.8 Å². The average molecular weight is 714 g/mol. The molecule has 2 aliphatic heterocycles. The second-order valence-corrected chi connectivity index (χ2v) is 12.6. The fraction of sp³-hybridized carbons (Fsp3) is 0.310. The number of nitrogens with zero attached hydrogens (tertiary/aromatic N) is 6. The number of thiazole rings is 1. The van der Waals surface area contributed by atoms with E-state index >= 15 is 0 Å². The second kappa shape index (κ2) is 12.5. The molecule has 1 unspecified atom stereocenters. The first kappa shape index (κ1) is 31.5. The van der Waals surface area contributed by atoms with Crippen LogP contribution in [0.25, 0.3) is 16.4 Å². The summed E-state index contributed by atoms with van der Waals surface area (Å²) < 4.78 is 70.4. The number of fused-ring (bicyclic) bond motifs is 1. The maximum Gasteiger partial charge on any atom is 0.418 e. The van der Waals surface area contributed by atoms with Gasteiger partial charge in [-0.05, 0) is 18.2 Å². The Balaban J connectivity index is 1.33. The van der Waals surface area contributed by atoms with Crippen LogP contribution in [0.4, 0.5) is 13.2 Å². The van der Waals surface area contributed by atoms with Crippen molar-refractivity contribution < 1.29 is 32.1 Å². The quantitative estimate of drug-likeness (QED) is 0.180. The molecular weight excluding hydrogens is 692 g/mol. The Labute approximate surface area is 278 Å². The van der Waals surface area contributed by atoms with E-state index in [-0.39, 0.29) is 28.2 Å². The summed E-state index contributed by atoms with van der Waals surface area (Å²) in [4.78, 5) is 4.29. The van der Waals surface area contributed by atoms with Gasteiger partial charge in [0.2, 0.25) is 0 Å². The molecule has 0 saturated carbocycles. The second-order valence-electron chi connectivity index (χ2n) is 10.5. The summed E-state index contributed by atoms with van der Waals surface area (Å²) >= 11 is 19.9. The first-order chi connectivity index (χ1) is 22.1. The van der Waals surface area contributed by atoms with Gasteiger partial charge < -0.3 is 18.9 Å².